The normalized spacial score (nSPS) is 17.4. The van der Waals surface area contributed by atoms with E-state index < -0.39 is 17.4 Å². The molecule has 0 radical (unpaired) electrons. The van der Waals surface area contributed by atoms with Crippen LogP contribution in [0.5, 0.6) is 0 Å². The summed E-state index contributed by atoms with van der Waals surface area (Å²) in [5.41, 5.74) is -0.555. The Bertz CT molecular complexity index is 378. The van der Waals surface area contributed by atoms with Crippen molar-refractivity contribution in [3.8, 4) is 0 Å². The highest BCUT2D eigenvalue weighted by atomic mass is 32.2. The van der Waals surface area contributed by atoms with Crippen molar-refractivity contribution in [1.29, 1.82) is 0 Å². The molecule has 1 unspecified atom stereocenters. The number of carboxylic acid groups (broad SMARTS) is 1. The Kier molecular flexibility index (Phi) is 5.22. The summed E-state index contributed by atoms with van der Waals surface area (Å²) in [5, 5.41) is 11.6. The maximum absolute atomic E-state index is 11.7. The Hall–Kier alpha value is -1.24. The predicted octanol–water partition coefficient (Wildman–Crippen LogP) is 1.16. The number of aliphatic carboxylic acids is 1. The molecule has 0 aromatic carbocycles. The molecule has 1 aliphatic rings. The van der Waals surface area contributed by atoms with Gasteiger partial charge in [-0.25, -0.2) is 4.79 Å². The maximum atomic E-state index is 11.7. The fourth-order valence-corrected chi connectivity index (χ4v) is 2.60. The zero-order valence-corrected chi connectivity index (χ0v) is 12.2. The molecule has 0 aliphatic carbocycles. The van der Waals surface area contributed by atoms with Crippen molar-refractivity contribution in [2.45, 2.75) is 33.2 Å². The monoisotopic (exact) mass is 288 g/mol. The van der Waals surface area contributed by atoms with E-state index in [9.17, 15) is 14.4 Å². The second-order valence-corrected chi connectivity index (χ2v) is 6.60. The number of amides is 2. The van der Waals surface area contributed by atoms with Crippen LogP contribution >= 0.6 is 11.8 Å². The molecule has 1 fully saturated rings. The minimum absolute atomic E-state index is 0.0154. The number of hydrogen-bond donors (Lipinski definition) is 2. The average molecular weight is 288 g/mol. The largest absolute Gasteiger partial charge is 0.480 e. The molecule has 108 valence electrons. The Balaban J connectivity index is 2.45. The first-order chi connectivity index (χ1) is 8.71. The van der Waals surface area contributed by atoms with Crippen LogP contribution in [0.2, 0.25) is 0 Å². The first kappa shape index (κ1) is 15.8. The van der Waals surface area contributed by atoms with Crippen molar-refractivity contribution in [3.63, 3.8) is 0 Å². The van der Waals surface area contributed by atoms with Crippen LogP contribution < -0.4 is 5.32 Å². The van der Waals surface area contributed by atoms with Crippen LogP contribution in [0.25, 0.3) is 0 Å². The van der Waals surface area contributed by atoms with Crippen molar-refractivity contribution in [2.75, 3.05) is 18.8 Å². The lowest BCUT2D eigenvalue weighted by Crippen LogP contribution is -2.49. The fourth-order valence-electron chi connectivity index (χ4n) is 1.75. The highest BCUT2D eigenvalue weighted by Gasteiger charge is 2.32. The van der Waals surface area contributed by atoms with E-state index in [-0.39, 0.29) is 17.6 Å². The molecule has 0 bridgehead atoms. The molecule has 1 saturated heterocycles. The van der Waals surface area contributed by atoms with E-state index in [1.807, 2.05) is 0 Å². The number of nitrogens with one attached hydrogen (secondary N) is 1. The summed E-state index contributed by atoms with van der Waals surface area (Å²) in [7, 11) is 0. The number of hydrogen-bond acceptors (Lipinski definition) is 4. The second kappa shape index (κ2) is 6.27. The summed E-state index contributed by atoms with van der Waals surface area (Å²) in [6.45, 7) is 6.26. The van der Waals surface area contributed by atoms with Crippen molar-refractivity contribution in [2.24, 2.45) is 5.41 Å². The third-order valence-electron chi connectivity index (χ3n) is 2.87. The Labute approximate surface area is 116 Å². The van der Waals surface area contributed by atoms with Crippen LogP contribution in [0, 0.1) is 5.41 Å². The van der Waals surface area contributed by atoms with Crippen molar-refractivity contribution >= 4 is 28.9 Å². The molecule has 7 heteroatoms. The number of nitrogens with zero attached hydrogens (tertiary/aromatic N) is 1. The average Bonchev–Trinajstić information content (AvgIpc) is 2.67. The minimum atomic E-state index is -1.05. The summed E-state index contributed by atoms with van der Waals surface area (Å²) in [6.07, 6.45) is 0.131. The van der Waals surface area contributed by atoms with Gasteiger partial charge in [0.25, 0.3) is 5.24 Å². The van der Waals surface area contributed by atoms with Crippen LogP contribution in [-0.2, 0) is 9.59 Å². The number of carbonyl (C=O) groups is 3. The minimum Gasteiger partial charge on any atom is -0.480 e. The molecule has 0 aromatic rings. The van der Waals surface area contributed by atoms with E-state index in [0.717, 1.165) is 5.75 Å². The number of carboxylic acids is 1. The van der Waals surface area contributed by atoms with Gasteiger partial charge in [0.1, 0.15) is 6.04 Å². The standard InChI is InChI=1S/C12H20N2O4S/c1-12(2,3)9(10(16)17)13-8(15)4-5-14-6-7-19-11(14)18/h9H,4-7H2,1-3H3,(H,13,15)(H,16,17). The molecule has 2 amide bonds. The van der Waals surface area contributed by atoms with Gasteiger partial charge in [0.15, 0.2) is 0 Å². The van der Waals surface area contributed by atoms with Crippen LogP contribution in [0.15, 0.2) is 0 Å². The molecular weight excluding hydrogens is 268 g/mol. The van der Waals surface area contributed by atoms with Crippen LogP contribution in [0.1, 0.15) is 27.2 Å². The van der Waals surface area contributed by atoms with Gasteiger partial charge < -0.3 is 15.3 Å². The van der Waals surface area contributed by atoms with E-state index in [1.54, 1.807) is 25.7 Å². The van der Waals surface area contributed by atoms with Gasteiger partial charge in [-0.1, -0.05) is 32.5 Å². The summed E-state index contributed by atoms with van der Waals surface area (Å²) in [4.78, 5) is 35.8. The zero-order valence-electron chi connectivity index (χ0n) is 11.4. The zero-order chi connectivity index (χ0) is 14.6. The molecular formula is C12H20N2O4S. The summed E-state index contributed by atoms with van der Waals surface area (Å²) in [6, 6.07) is -0.927. The van der Waals surface area contributed by atoms with Crippen LogP contribution in [-0.4, -0.2) is 52.0 Å². The van der Waals surface area contributed by atoms with Gasteiger partial charge in [-0.3, -0.25) is 9.59 Å². The van der Waals surface area contributed by atoms with E-state index in [0.29, 0.717) is 13.1 Å². The van der Waals surface area contributed by atoms with E-state index in [4.69, 9.17) is 5.11 Å². The lowest BCUT2D eigenvalue weighted by molar-refractivity contribution is -0.145. The number of carbonyl (C=O) groups excluding carboxylic acids is 2. The van der Waals surface area contributed by atoms with Gasteiger partial charge in [0, 0.05) is 25.3 Å². The second-order valence-electron chi connectivity index (χ2n) is 5.56. The number of rotatable bonds is 5. The first-order valence-corrected chi connectivity index (χ1v) is 7.14. The fraction of sp³-hybridized carbons (Fsp3) is 0.750. The number of thioether (sulfide) groups is 1. The highest BCUT2D eigenvalue weighted by molar-refractivity contribution is 8.13. The summed E-state index contributed by atoms with van der Waals surface area (Å²) in [5.74, 6) is -0.638. The Morgan fingerprint density at radius 1 is 1.47 bits per heavy atom. The van der Waals surface area contributed by atoms with Crippen LogP contribution in [0.4, 0.5) is 4.79 Å². The smallest absolute Gasteiger partial charge is 0.326 e. The molecule has 1 heterocycles. The topological polar surface area (TPSA) is 86.7 Å². The molecule has 1 aliphatic heterocycles. The van der Waals surface area contributed by atoms with E-state index in [1.165, 1.54) is 11.8 Å². The third kappa shape index (κ3) is 4.74. The maximum Gasteiger partial charge on any atom is 0.326 e. The molecule has 19 heavy (non-hydrogen) atoms. The molecule has 0 aromatic heterocycles. The third-order valence-corrected chi connectivity index (χ3v) is 3.76. The van der Waals surface area contributed by atoms with Gasteiger partial charge >= 0.3 is 5.97 Å². The van der Waals surface area contributed by atoms with Gasteiger partial charge in [-0.2, -0.15) is 0 Å². The van der Waals surface area contributed by atoms with Gasteiger partial charge in [0.05, 0.1) is 0 Å². The molecule has 0 spiro atoms. The first-order valence-electron chi connectivity index (χ1n) is 6.15. The molecule has 1 rings (SSSR count). The van der Waals surface area contributed by atoms with Gasteiger partial charge in [-0.05, 0) is 5.41 Å². The lowest BCUT2D eigenvalue weighted by atomic mass is 9.86. The summed E-state index contributed by atoms with van der Waals surface area (Å²) < 4.78 is 0. The van der Waals surface area contributed by atoms with Crippen LogP contribution in [0.3, 0.4) is 0 Å². The van der Waals surface area contributed by atoms with Gasteiger partial charge in [-0.15, -0.1) is 0 Å². The molecule has 6 nitrogen and oxygen atoms in total. The highest BCUT2D eigenvalue weighted by Crippen LogP contribution is 2.20. The quantitative estimate of drug-likeness (QED) is 0.792. The van der Waals surface area contributed by atoms with Gasteiger partial charge in [0.2, 0.25) is 5.91 Å². The van der Waals surface area contributed by atoms with Crippen molar-refractivity contribution < 1.29 is 19.5 Å². The Morgan fingerprint density at radius 3 is 2.53 bits per heavy atom. The SMILES string of the molecule is CC(C)(C)C(NC(=O)CCN1CCSC1=O)C(=O)O. The molecule has 1 atom stereocenters. The Morgan fingerprint density at radius 2 is 2.11 bits per heavy atom. The predicted molar refractivity (Wildman–Crippen MR) is 73.1 cm³/mol. The van der Waals surface area contributed by atoms with E-state index >= 15 is 0 Å². The molecule has 2 N–H and O–H groups in total. The van der Waals surface area contributed by atoms with E-state index in [2.05, 4.69) is 5.32 Å². The lowest BCUT2D eigenvalue weighted by Gasteiger charge is -2.28. The van der Waals surface area contributed by atoms with Crippen molar-refractivity contribution in [3.05, 3.63) is 0 Å². The molecule has 0 saturated carbocycles. The summed E-state index contributed by atoms with van der Waals surface area (Å²) >= 11 is 1.24. The van der Waals surface area contributed by atoms with Crippen molar-refractivity contribution in [1.82, 2.24) is 10.2 Å².